The molecular weight excluding hydrogens is 322 g/mol. The Bertz CT molecular complexity index is 740. The second-order valence-electron chi connectivity index (χ2n) is 6.43. The van der Waals surface area contributed by atoms with E-state index in [0.717, 1.165) is 16.8 Å². The Morgan fingerprint density at radius 3 is 1.88 bits per heavy atom. The summed E-state index contributed by atoms with van der Waals surface area (Å²) >= 11 is 5.50. The molecule has 0 saturated heterocycles. The fourth-order valence-corrected chi connectivity index (χ4v) is 2.78. The summed E-state index contributed by atoms with van der Waals surface area (Å²) in [6.07, 6.45) is 0. The van der Waals surface area contributed by atoms with Crippen LogP contribution < -0.4 is 5.32 Å². The van der Waals surface area contributed by atoms with Gasteiger partial charge in [-0.15, -0.1) is 0 Å². The molecule has 0 heterocycles. The van der Waals surface area contributed by atoms with Gasteiger partial charge in [-0.05, 0) is 46.7 Å². The molecule has 0 fully saturated rings. The Morgan fingerprint density at radius 1 is 0.875 bits per heavy atom. The number of benzene rings is 2. The first-order chi connectivity index (χ1) is 11.3. The van der Waals surface area contributed by atoms with Crippen molar-refractivity contribution in [2.45, 2.75) is 39.5 Å². The summed E-state index contributed by atoms with van der Waals surface area (Å²) in [4.78, 5) is 24.0. The van der Waals surface area contributed by atoms with Crippen molar-refractivity contribution in [2.75, 3.05) is 5.32 Å². The highest BCUT2D eigenvalue weighted by Crippen LogP contribution is 2.32. The lowest BCUT2D eigenvalue weighted by Gasteiger charge is -2.20. The van der Waals surface area contributed by atoms with E-state index in [4.69, 9.17) is 11.6 Å². The van der Waals surface area contributed by atoms with Gasteiger partial charge in [0.1, 0.15) is 0 Å². The van der Waals surface area contributed by atoms with E-state index in [0.29, 0.717) is 11.1 Å². The van der Waals surface area contributed by atoms with Crippen LogP contribution in [-0.2, 0) is 0 Å². The van der Waals surface area contributed by atoms with E-state index in [1.807, 2.05) is 18.2 Å². The number of para-hydroxylation sites is 1. The minimum atomic E-state index is -0.574. The lowest BCUT2D eigenvalue weighted by molar-refractivity contribution is 0.102. The van der Waals surface area contributed by atoms with Crippen molar-refractivity contribution in [3.63, 3.8) is 0 Å². The van der Waals surface area contributed by atoms with E-state index < -0.39 is 5.24 Å². The minimum absolute atomic E-state index is 0.246. The number of hydrogen-bond acceptors (Lipinski definition) is 2. The normalized spacial score (nSPS) is 11.0. The molecule has 0 saturated carbocycles. The number of anilines is 1. The Kier molecular flexibility index (Phi) is 5.79. The molecule has 0 unspecified atom stereocenters. The summed E-state index contributed by atoms with van der Waals surface area (Å²) in [6, 6.07) is 12.5. The van der Waals surface area contributed by atoms with E-state index in [1.54, 1.807) is 18.2 Å². The molecule has 0 aliphatic carbocycles. The van der Waals surface area contributed by atoms with Crippen LogP contribution in [0.1, 0.15) is 71.4 Å². The topological polar surface area (TPSA) is 46.2 Å². The number of amides is 1. The highest BCUT2D eigenvalue weighted by Gasteiger charge is 2.17. The van der Waals surface area contributed by atoms with Crippen LogP contribution in [0.25, 0.3) is 0 Å². The van der Waals surface area contributed by atoms with Gasteiger partial charge >= 0.3 is 0 Å². The van der Waals surface area contributed by atoms with Gasteiger partial charge in [0.05, 0.1) is 0 Å². The van der Waals surface area contributed by atoms with Gasteiger partial charge in [-0.25, -0.2) is 0 Å². The van der Waals surface area contributed by atoms with Crippen molar-refractivity contribution in [3.05, 3.63) is 64.7 Å². The molecule has 0 atom stereocenters. The second kappa shape index (κ2) is 7.63. The molecule has 0 aliphatic rings. The summed E-state index contributed by atoms with van der Waals surface area (Å²) in [6.45, 7) is 8.40. The summed E-state index contributed by atoms with van der Waals surface area (Å²) in [7, 11) is 0. The number of nitrogens with one attached hydrogen (secondary N) is 1. The van der Waals surface area contributed by atoms with Crippen molar-refractivity contribution in [3.8, 4) is 0 Å². The monoisotopic (exact) mass is 343 g/mol. The summed E-state index contributed by atoms with van der Waals surface area (Å²) in [5.41, 5.74) is 3.77. The Hall–Kier alpha value is -2.13. The smallest absolute Gasteiger partial charge is 0.255 e. The first-order valence-corrected chi connectivity index (χ1v) is 8.43. The third-order valence-electron chi connectivity index (χ3n) is 3.96. The molecule has 2 aromatic carbocycles. The molecule has 0 aromatic heterocycles. The Labute approximate surface area is 148 Å². The standard InChI is InChI=1S/C20H22ClNO2/c1-12(2)16-9-6-10-17(13(3)4)18(16)22-20(24)15-8-5-7-14(11-15)19(21)23/h5-13H,1-4H3,(H,22,24). The summed E-state index contributed by atoms with van der Waals surface area (Å²) in [5, 5.41) is 2.46. The fraction of sp³-hybridized carbons (Fsp3) is 0.300. The number of hydrogen-bond donors (Lipinski definition) is 1. The lowest BCUT2D eigenvalue weighted by atomic mass is 9.92. The maximum absolute atomic E-state index is 12.7. The van der Waals surface area contributed by atoms with E-state index >= 15 is 0 Å². The van der Waals surface area contributed by atoms with Crippen LogP contribution in [0.5, 0.6) is 0 Å². The van der Waals surface area contributed by atoms with Gasteiger partial charge in [0.15, 0.2) is 0 Å². The van der Waals surface area contributed by atoms with Gasteiger partial charge in [0.25, 0.3) is 11.1 Å². The maximum atomic E-state index is 12.7. The van der Waals surface area contributed by atoms with Crippen LogP contribution in [0.2, 0.25) is 0 Å². The second-order valence-corrected chi connectivity index (χ2v) is 6.77. The summed E-state index contributed by atoms with van der Waals surface area (Å²) in [5.74, 6) is 0.328. The largest absolute Gasteiger partial charge is 0.321 e. The molecule has 1 amide bonds. The fourth-order valence-electron chi connectivity index (χ4n) is 2.66. The zero-order chi connectivity index (χ0) is 17.9. The molecule has 3 nitrogen and oxygen atoms in total. The quantitative estimate of drug-likeness (QED) is 0.722. The molecule has 4 heteroatoms. The number of carbonyl (C=O) groups is 2. The molecule has 0 radical (unpaired) electrons. The van der Waals surface area contributed by atoms with Crippen LogP contribution in [0.4, 0.5) is 5.69 Å². The van der Waals surface area contributed by atoms with Crippen molar-refractivity contribution in [1.29, 1.82) is 0 Å². The van der Waals surface area contributed by atoms with Crippen molar-refractivity contribution < 1.29 is 9.59 Å². The summed E-state index contributed by atoms with van der Waals surface area (Å²) < 4.78 is 0. The molecule has 2 aromatic rings. The van der Waals surface area contributed by atoms with Crippen molar-refractivity contribution >= 4 is 28.4 Å². The van der Waals surface area contributed by atoms with Gasteiger partial charge in [-0.3, -0.25) is 9.59 Å². The predicted octanol–water partition coefficient (Wildman–Crippen LogP) is 5.56. The highest BCUT2D eigenvalue weighted by molar-refractivity contribution is 6.67. The van der Waals surface area contributed by atoms with Crippen LogP contribution in [0.3, 0.4) is 0 Å². The molecular formula is C20H22ClNO2. The predicted molar refractivity (Wildman–Crippen MR) is 99.2 cm³/mol. The first kappa shape index (κ1) is 18.2. The zero-order valence-electron chi connectivity index (χ0n) is 14.4. The molecule has 0 spiro atoms. The molecule has 2 rings (SSSR count). The van der Waals surface area contributed by atoms with E-state index in [1.165, 1.54) is 6.07 Å². The Balaban J connectivity index is 2.41. The van der Waals surface area contributed by atoms with E-state index in [9.17, 15) is 9.59 Å². The van der Waals surface area contributed by atoms with E-state index in [2.05, 4.69) is 33.0 Å². The van der Waals surface area contributed by atoms with E-state index in [-0.39, 0.29) is 17.7 Å². The van der Waals surface area contributed by atoms with Crippen LogP contribution in [0, 0.1) is 0 Å². The zero-order valence-corrected chi connectivity index (χ0v) is 15.1. The molecule has 126 valence electrons. The highest BCUT2D eigenvalue weighted by atomic mass is 35.5. The van der Waals surface area contributed by atoms with Gasteiger partial charge < -0.3 is 5.32 Å². The van der Waals surface area contributed by atoms with Crippen molar-refractivity contribution in [1.82, 2.24) is 0 Å². The number of carbonyl (C=O) groups excluding carboxylic acids is 2. The Morgan fingerprint density at radius 2 is 1.38 bits per heavy atom. The van der Waals surface area contributed by atoms with Crippen LogP contribution in [-0.4, -0.2) is 11.1 Å². The first-order valence-electron chi connectivity index (χ1n) is 8.05. The average molecular weight is 344 g/mol. The molecule has 24 heavy (non-hydrogen) atoms. The number of rotatable bonds is 5. The lowest BCUT2D eigenvalue weighted by Crippen LogP contribution is -2.16. The van der Waals surface area contributed by atoms with Gasteiger partial charge in [0.2, 0.25) is 0 Å². The SMILES string of the molecule is CC(C)c1cccc(C(C)C)c1NC(=O)c1cccc(C(=O)Cl)c1. The minimum Gasteiger partial charge on any atom is -0.321 e. The number of halogens is 1. The van der Waals surface area contributed by atoms with Gasteiger partial charge in [-0.2, -0.15) is 0 Å². The van der Waals surface area contributed by atoms with Gasteiger partial charge in [0, 0.05) is 16.8 Å². The molecule has 0 bridgehead atoms. The average Bonchev–Trinajstić information content (AvgIpc) is 2.54. The third-order valence-corrected chi connectivity index (χ3v) is 4.18. The van der Waals surface area contributed by atoms with Crippen molar-refractivity contribution in [2.24, 2.45) is 0 Å². The maximum Gasteiger partial charge on any atom is 0.255 e. The molecule has 0 aliphatic heterocycles. The van der Waals surface area contributed by atoms with Gasteiger partial charge in [-0.1, -0.05) is 58.0 Å². The third kappa shape index (κ3) is 4.04. The molecule has 1 N–H and O–H groups in total. The van der Waals surface area contributed by atoms with Crippen LogP contribution >= 0.6 is 11.6 Å². The van der Waals surface area contributed by atoms with Crippen LogP contribution in [0.15, 0.2) is 42.5 Å².